The van der Waals surface area contributed by atoms with Crippen molar-refractivity contribution in [3.8, 4) is 11.5 Å². The average molecular weight is 496 g/mol. The van der Waals surface area contributed by atoms with E-state index >= 15 is 0 Å². The number of phenols is 1. The van der Waals surface area contributed by atoms with Gasteiger partial charge in [0.2, 0.25) is 0 Å². The van der Waals surface area contributed by atoms with Crippen molar-refractivity contribution in [3.63, 3.8) is 0 Å². The molecule has 0 spiro atoms. The third-order valence-corrected chi connectivity index (χ3v) is 8.17. The van der Waals surface area contributed by atoms with Crippen LogP contribution in [0, 0.1) is 13.8 Å². The Kier molecular flexibility index (Phi) is 11.8. The molecule has 31 heavy (non-hydrogen) atoms. The van der Waals surface area contributed by atoms with Crippen LogP contribution in [-0.4, -0.2) is 10.7 Å². The Hall–Kier alpha value is -0.700. The van der Waals surface area contributed by atoms with Crippen LogP contribution in [0.4, 0.5) is 0 Å². The molecular weight excluding hydrogens is 448 g/mol. The average Bonchev–Trinajstić information content (AvgIpc) is 2.76. The number of phenolic OH excluding ortho intramolecular Hbond substituents is 1. The molecule has 0 bridgehead atoms. The molecule has 0 saturated carbocycles. The highest BCUT2D eigenvalue weighted by atomic mass is 79.9. The van der Waals surface area contributed by atoms with E-state index in [0.717, 1.165) is 46.2 Å². The summed E-state index contributed by atoms with van der Waals surface area (Å²) in [5.74, 6) is 1.37. The fraction of sp³-hybridized carbons (Fsp3) is 0.786. The Morgan fingerprint density at radius 3 is 1.81 bits per heavy atom. The third kappa shape index (κ3) is 8.30. The van der Waals surface area contributed by atoms with Gasteiger partial charge in [0.05, 0.1) is 4.47 Å². The van der Waals surface area contributed by atoms with E-state index in [1.54, 1.807) is 0 Å². The highest BCUT2D eigenvalue weighted by Gasteiger charge is 2.34. The summed E-state index contributed by atoms with van der Waals surface area (Å²) in [6, 6.07) is 0. The Morgan fingerprint density at radius 2 is 1.29 bits per heavy atom. The van der Waals surface area contributed by atoms with Crippen molar-refractivity contribution in [2.45, 2.75) is 142 Å². The maximum absolute atomic E-state index is 10.3. The number of halogens is 1. The maximum atomic E-state index is 10.3. The van der Waals surface area contributed by atoms with E-state index in [1.807, 2.05) is 6.92 Å². The fourth-order valence-electron chi connectivity index (χ4n) is 4.90. The molecular formula is C28H47BrO2. The predicted molar refractivity (Wildman–Crippen MR) is 138 cm³/mol. The third-order valence-electron chi connectivity index (χ3n) is 7.32. The summed E-state index contributed by atoms with van der Waals surface area (Å²) in [6.45, 7) is 8.60. The molecule has 1 aliphatic rings. The van der Waals surface area contributed by atoms with E-state index in [1.165, 1.54) is 89.9 Å². The first-order valence-electron chi connectivity index (χ1n) is 13.1. The SMILES string of the molecule is CCCCCCCCCCCCCCCC[C@]1(C)CCc2c(Br)c(O)c(C)c(C)c2O1. The standard InChI is InChI=1S/C28H47BrO2/c1-5-6-7-8-9-10-11-12-13-14-15-16-17-18-20-28(4)21-19-24-25(29)26(30)22(2)23(3)27(24)31-28/h30H,5-21H2,1-4H3/t28-/m1/s1. The van der Waals surface area contributed by atoms with E-state index < -0.39 is 0 Å². The number of benzene rings is 1. The van der Waals surface area contributed by atoms with Crippen molar-refractivity contribution < 1.29 is 9.84 Å². The normalized spacial score (nSPS) is 18.1. The van der Waals surface area contributed by atoms with Gasteiger partial charge in [0.25, 0.3) is 0 Å². The zero-order valence-electron chi connectivity index (χ0n) is 20.8. The van der Waals surface area contributed by atoms with Crippen LogP contribution in [0.2, 0.25) is 0 Å². The summed E-state index contributed by atoms with van der Waals surface area (Å²) in [6.07, 6.45) is 22.7. The van der Waals surface area contributed by atoms with Crippen molar-refractivity contribution in [3.05, 3.63) is 21.2 Å². The van der Waals surface area contributed by atoms with Crippen molar-refractivity contribution in [2.24, 2.45) is 0 Å². The first kappa shape index (κ1) is 26.6. The second-order valence-electron chi connectivity index (χ2n) is 10.1. The van der Waals surface area contributed by atoms with Crippen LogP contribution in [0.15, 0.2) is 4.47 Å². The van der Waals surface area contributed by atoms with E-state index in [-0.39, 0.29) is 5.60 Å². The smallest absolute Gasteiger partial charge is 0.133 e. The molecule has 0 unspecified atom stereocenters. The molecule has 1 heterocycles. The van der Waals surface area contributed by atoms with E-state index in [0.29, 0.717) is 5.75 Å². The minimum absolute atomic E-state index is 0.0717. The summed E-state index contributed by atoms with van der Waals surface area (Å²) in [5.41, 5.74) is 3.07. The molecule has 0 fully saturated rings. The molecule has 0 radical (unpaired) electrons. The highest BCUT2D eigenvalue weighted by molar-refractivity contribution is 9.10. The van der Waals surface area contributed by atoms with Crippen LogP contribution in [0.1, 0.15) is 133 Å². The number of ether oxygens (including phenoxy) is 1. The molecule has 3 heteroatoms. The fourth-order valence-corrected chi connectivity index (χ4v) is 5.57. The van der Waals surface area contributed by atoms with Crippen LogP contribution in [0.3, 0.4) is 0 Å². The highest BCUT2D eigenvalue weighted by Crippen LogP contribution is 2.46. The summed E-state index contributed by atoms with van der Waals surface area (Å²) in [4.78, 5) is 0. The molecule has 1 atom stereocenters. The van der Waals surface area contributed by atoms with Crippen LogP contribution >= 0.6 is 15.9 Å². The zero-order valence-corrected chi connectivity index (χ0v) is 22.3. The lowest BCUT2D eigenvalue weighted by atomic mass is 9.86. The Bertz CT molecular complexity index is 670. The predicted octanol–water partition coefficient (Wildman–Crippen LogP) is 9.73. The number of aromatic hydroxyl groups is 1. The van der Waals surface area contributed by atoms with Gasteiger partial charge >= 0.3 is 0 Å². The van der Waals surface area contributed by atoms with Gasteiger partial charge in [-0.05, 0) is 73.5 Å². The minimum Gasteiger partial charge on any atom is -0.506 e. The van der Waals surface area contributed by atoms with Gasteiger partial charge in [-0.15, -0.1) is 0 Å². The summed E-state index contributed by atoms with van der Waals surface area (Å²) >= 11 is 3.58. The van der Waals surface area contributed by atoms with Gasteiger partial charge in [-0.25, -0.2) is 0 Å². The lowest BCUT2D eigenvalue weighted by Crippen LogP contribution is -2.36. The van der Waals surface area contributed by atoms with Gasteiger partial charge in [-0.2, -0.15) is 0 Å². The molecule has 2 nitrogen and oxygen atoms in total. The zero-order chi connectivity index (χ0) is 22.7. The van der Waals surface area contributed by atoms with E-state index in [2.05, 4.69) is 36.7 Å². The number of unbranched alkanes of at least 4 members (excludes halogenated alkanes) is 13. The van der Waals surface area contributed by atoms with Gasteiger partial charge in [-0.1, -0.05) is 90.4 Å². The Morgan fingerprint density at radius 1 is 0.806 bits per heavy atom. The van der Waals surface area contributed by atoms with Crippen molar-refractivity contribution in [2.75, 3.05) is 0 Å². The molecule has 1 aromatic rings. The number of fused-ring (bicyclic) bond motifs is 1. The summed E-state index contributed by atoms with van der Waals surface area (Å²) in [7, 11) is 0. The van der Waals surface area contributed by atoms with Crippen LogP contribution in [0.5, 0.6) is 11.5 Å². The van der Waals surface area contributed by atoms with Crippen molar-refractivity contribution in [1.29, 1.82) is 0 Å². The molecule has 1 N–H and O–H groups in total. The molecule has 0 saturated heterocycles. The largest absolute Gasteiger partial charge is 0.506 e. The quantitative estimate of drug-likeness (QED) is 0.245. The number of rotatable bonds is 15. The molecule has 178 valence electrons. The first-order chi connectivity index (χ1) is 14.9. The molecule has 0 amide bonds. The molecule has 0 aliphatic carbocycles. The van der Waals surface area contributed by atoms with Gasteiger partial charge in [-0.3, -0.25) is 0 Å². The summed E-state index contributed by atoms with van der Waals surface area (Å²) in [5, 5.41) is 10.3. The number of hydrogen-bond acceptors (Lipinski definition) is 2. The van der Waals surface area contributed by atoms with E-state index in [4.69, 9.17) is 4.74 Å². The van der Waals surface area contributed by atoms with Gasteiger partial charge in [0.1, 0.15) is 17.1 Å². The van der Waals surface area contributed by atoms with Gasteiger partial charge in [0.15, 0.2) is 0 Å². The second-order valence-corrected chi connectivity index (χ2v) is 10.9. The Labute approximate surface area is 200 Å². The van der Waals surface area contributed by atoms with Crippen LogP contribution in [-0.2, 0) is 6.42 Å². The van der Waals surface area contributed by atoms with Gasteiger partial charge < -0.3 is 9.84 Å². The summed E-state index contributed by atoms with van der Waals surface area (Å²) < 4.78 is 7.36. The van der Waals surface area contributed by atoms with Crippen LogP contribution < -0.4 is 4.74 Å². The minimum atomic E-state index is -0.0717. The van der Waals surface area contributed by atoms with Gasteiger partial charge in [0, 0.05) is 5.56 Å². The van der Waals surface area contributed by atoms with Crippen LogP contribution in [0.25, 0.3) is 0 Å². The van der Waals surface area contributed by atoms with E-state index in [9.17, 15) is 5.11 Å². The maximum Gasteiger partial charge on any atom is 0.133 e. The van der Waals surface area contributed by atoms with Crippen molar-refractivity contribution in [1.82, 2.24) is 0 Å². The lowest BCUT2D eigenvalue weighted by Gasteiger charge is -2.38. The molecule has 1 aliphatic heterocycles. The topological polar surface area (TPSA) is 29.5 Å². The monoisotopic (exact) mass is 494 g/mol. The first-order valence-corrected chi connectivity index (χ1v) is 13.9. The molecule has 0 aromatic heterocycles. The molecule has 1 aromatic carbocycles. The second kappa shape index (κ2) is 13.8. The number of hydrogen-bond donors (Lipinski definition) is 1. The Balaban J connectivity index is 1.57. The lowest BCUT2D eigenvalue weighted by molar-refractivity contribution is 0.0521. The molecule has 2 rings (SSSR count). The van der Waals surface area contributed by atoms with Crippen molar-refractivity contribution >= 4 is 15.9 Å².